The molecule has 0 unspecified atom stereocenters. The Kier molecular flexibility index (Phi) is 10.1. The van der Waals surface area contributed by atoms with E-state index in [1.165, 1.54) is 16.9 Å². The molecule has 0 aliphatic heterocycles. The number of nitrogens with zero attached hydrogens (tertiary/aromatic N) is 2. The lowest BCUT2D eigenvalue weighted by Crippen LogP contribution is -2.17. The monoisotopic (exact) mass is 674 g/mol. The number of halogens is 2. The molecule has 43 heavy (non-hydrogen) atoms. The van der Waals surface area contributed by atoms with Gasteiger partial charge in [0.1, 0.15) is 6.61 Å². The Hall–Kier alpha value is -4.18. The molecular weight excluding hydrogens is 648 g/mol. The molecule has 0 aliphatic carbocycles. The highest BCUT2D eigenvalue weighted by molar-refractivity contribution is 9.10. The molecule has 7 nitrogen and oxygen atoms in total. The van der Waals surface area contributed by atoms with Gasteiger partial charge in [0.25, 0.3) is 5.91 Å². The number of aromatic nitrogens is 1. The summed E-state index contributed by atoms with van der Waals surface area (Å²) in [7, 11) is 0. The van der Waals surface area contributed by atoms with E-state index in [0.29, 0.717) is 35.3 Å². The summed E-state index contributed by atoms with van der Waals surface area (Å²) < 4.78 is 12.7. The van der Waals surface area contributed by atoms with Gasteiger partial charge in [0.15, 0.2) is 16.6 Å². The number of hydrogen-bond donors (Lipinski definition) is 2. The smallest absolute Gasteiger partial charge is 0.271 e. The van der Waals surface area contributed by atoms with Gasteiger partial charge in [-0.05, 0) is 89.4 Å². The lowest BCUT2D eigenvalue weighted by Gasteiger charge is -2.15. The molecular formula is C33H28BrClN4O3S. The van der Waals surface area contributed by atoms with Crippen LogP contribution in [0.4, 0.5) is 10.8 Å². The third-order valence-electron chi connectivity index (χ3n) is 6.22. The lowest BCUT2D eigenvalue weighted by molar-refractivity contribution is 0.0955. The normalized spacial score (nSPS) is 11.0. The number of aryl methyl sites for hydroxylation is 1. The third-order valence-corrected chi connectivity index (χ3v) is 7.82. The zero-order chi connectivity index (χ0) is 30.2. The van der Waals surface area contributed by atoms with Crippen molar-refractivity contribution >= 4 is 61.8 Å². The van der Waals surface area contributed by atoms with Crippen molar-refractivity contribution in [2.75, 3.05) is 11.9 Å². The molecule has 0 bridgehead atoms. The maximum absolute atomic E-state index is 12.7. The SMILES string of the molecule is CCOc1cc(/C=N\NC(=O)c2ccc(-c3csc(Nc4ccc(Cl)cc4)n3)cc2)cc(Br)c1OCc1cccc(C)c1. The first-order valence-corrected chi connectivity index (χ1v) is 15.5. The molecule has 1 heterocycles. The van der Waals surface area contributed by atoms with Crippen molar-refractivity contribution in [2.24, 2.45) is 5.10 Å². The summed E-state index contributed by atoms with van der Waals surface area (Å²) in [5, 5.41) is 10.8. The average Bonchev–Trinajstić information content (AvgIpc) is 3.47. The first-order valence-electron chi connectivity index (χ1n) is 13.4. The number of thiazole rings is 1. The fourth-order valence-electron chi connectivity index (χ4n) is 4.17. The van der Waals surface area contributed by atoms with Crippen LogP contribution in [0.2, 0.25) is 5.02 Å². The van der Waals surface area contributed by atoms with Crippen LogP contribution >= 0.6 is 38.9 Å². The van der Waals surface area contributed by atoms with E-state index in [0.717, 1.165) is 37.7 Å². The minimum Gasteiger partial charge on any atom is -0.490 e. The number of anilines is 2. The van der Waals surface area contributed by atoms with Gasteiger partial charge in [-0.25, -0.2) is 10.4 Å². The zero-order valence-corrected chi connectivity index (χ0v) is 26.6. The second-order valence-electron chi connectivity index (χ2n) is 9.49. The molecule has 0 saturated heterocycles. The Labute approximate surface area is 267 Å². The van der Waals surface area contributed by atoms with Gasteiger partial charge in [-0.3, -0.25) is 4.79 Å². The van der Waals surface area contributed by atoms with Crippen LogP contribution in [0.25, 0.3) is 11.3 Å². The maximum atomic E-state index is 12.7. The topological polar surface area (TPSA) is 84.8 Å². The highest BCUT2D eigenvalue weighted by atomic mass is 79.9. The Balaban J connectivity index is 1.20. The molecule has 218 valence electrons. The van der Waals surface area contributed by atoms with Crippen LogP contribution in [0.1, 0.15) is 34.0 Å². The highest BCUT2D eigenvalue weighted by Gasteiger charge is 2.13. The van der Waals surface area contributed by atoms with Crippen molar-refractivity contribution in [3.63, 3.8) is 0 Å². The molecule has 0 saturated carbocycles. The molecule has 0 spiro atoms. The number of carbonyl (C=O) groups is 1. The summed E-state index contributed by atoms with van der Waals surface area (Å²) in [5.74, 6) is 0.868. The number of benzene rings is 4. The van der Waals surface area contributed by atoms with Crippen molar-refractivity contribution < 1.29 is 14.3 Å². The highest BCUT2D eigenvalue weighted by Crippen LogP contribution is 2.37. The first kappa shape index (κ1) is 30.3. The van der Waals surface area contributed by atoms with E-state index < -0.39 is 0 Å². The van der Waals surface area contributed by atoms with Crippen molar-refractivity contribution in [1.82, 2.24) is 10.4 Å². The maximum Gasteiger partial charge on any atom is 0.271 e. The fourth-order valence-corrected chi connectivity index (χ4v) is 5.61. The van der Waals surface area contributed by atoms with Gasteiger partial charge in [-0.2, -0.15) is 5.10 Å². The number of ether oxygens (including phenoxy) is 2. The van der Waals surface area contributed by atoms with Crippen LogP contribution in [-0.2, 0) is 6.61 Å². The average molecular weight is 676 g/mol. The molecule has 5 aromatic rings. The molecule has 10 heteroatoms. The lowest BCUT2D eigenvalue weighted by atomic mass is 10.1. The summed E-state index contributed by atoms with van der Waals surface area (Å²) in [5.41, 5.74) is 8.66. The predicted molar refractivity (Wildman–Crippen MR) is 178 cm³/mol. The summed E-state index contributed by atoms with van der Waals surface area (Å²) in [6, 6.07) is 26.5. The van der Waals surface area contributed by atoms with Gasteiger partial charge in [0, 0.05) is 27.2 Å². The van der Waals surface area contributed by atoms with Crippen molar-refractivity contribution in [3.05, 3.63) is 122 Å². The largest absolute Gasteiger partial charge is 0.490 e. The number of amides is 1. The summed E-state index contributed by atoms with van der Waals surface area (Å²) >= 11 is 11.0. The molecule has 1 aromatic heterocycles. The van der Waals surface area contributed by atoms with Crippen molar-refractivity contribution in [1.29, 1.82) is 0 Å². The van der Waals surface area contributed by atoms with Crippen LogP contribution in [0.3, 0.4) is 0 Å². The third kappa shape index (κ3) is 8.22. The molecule has 1 amide bonds. The van der Waals surface area contributed by atoms with E-state index >= 15 is 0 Å². The van der Waals surface area contributed by atoms with Crippen LogP contribution in [0.15, 0.2) is 99.9 Å². The van der Waals surface area contributed by atoms with Gasteiger partial charge >= 0.3 is 0 Å². The van der Waals surface area contributed by atoms with E-state index in [1.54, 1.807) is 18.3 Å². The number of hydrogen-bond acceptors (Lipinski definition) is 7. The number of nitrogens with one attached hydrogen (secondary N) is 2. The second-order valence-corrected chi connectivity index (χ2v) is 11.6. The summed E-state index contributed by atoms with van der Waals surface area (Å²) in [4.78, 5) is 17.4. The quantitative estimate of drug-likeness (QED) is 0.108. The Morgan fingerprint density at radius 2 is 1.84 bits per heavy atom. The number of hydrazone groups is 1. The van der Waals surface area contributed by atoms with Gasteiger partial charge in [0.2, 0.25) is 0 Å². The van der Waals surface area contributed by atoms with Crippen LogP contribution in [0, 0.1) is 6.92 Å². The molecule has 0 fully saturated rings. The van der Waals surface area contributed by atoms with Crippen LogP contribution in [-0.4, -0.2) is 23.7 Å². The van der Waals surface area contributed by atoms with E-state index in [-0.39, 0.29) is 5.91 Å². The van der Waals surface area contributed by atoms with Gasteiger partial charge in [0.05, 0.1) is 23.0 Å². The van der Waals surface area contributed by atoms with Gasteiger partial charge in [-0.15, -0.1) is 11.3 Å². The second kappa shape index (κ2) is 14.3. The zero-order valence-electron chi connectivity index (χ0n) is 23.4. The Bertz CT molecular complexity index is 1740. The van der Waals surface area contributed by atoms with Crippen molar-refractivity contribution in [3.8, 4) is 22.8 Å². The molecule has 0 radical (unpaired) electrons. The van der Waals surface area contributed by atoms with E-state index in [1.807, 2.05) is 86.0 Å². The first-order chi connectivity index (χ1) is 20.9. The number of rotatable bonds is 11. The van der Waals surface area contributed by atoms with E-state index in [9.17, 15) is 4.79 Å². The molecule has 0 aliphatic rings. The molecule has 4 aromatic carbocycles. The Morgan fingerprint density at radius 1 is 1.05 bits per heavy atom. The molecule has 2 N–H and O–H groups in total. The molecule has 5 rings (SSSR count). The summed E-state index contributed by atoms with van der Waals surface area (Å²) in [6.07, 6.45) is 1.56. The van der Waals surface area contributed by atoms with E-state index in [2.05, 4.69) is 42.8 Å². The van der Waals surface area contributed by atoms with Crippen molar-refractivity contribution in [2.45, 2.75) is 20.5 Å². The minimum atomic E-state index is -0.326. The summed E-state index contributed by atoms with van der Waals surface area (Å²) in [6.45, 7) is 4.85. The minimum absolute atomic E-state index is 0.326. The number of carbonyl (C=O) groups excluding carboxylic acids is 1. The fraction of sp³-hybridized carbons (Fsp3) is 0.121. The Morgan fingerprint density at radius 3 is 2.58 bits per heavy atom. The standard InChI is InChI=1S/C33H28BrClN4O3S/c1-3-41-30-17-23(16-28(34)31(30)42-19-22-6-4-5-21(2)15-22)18-36-39-32(40)25-9-7-24(8-10-25)29-20-43-33(38-29)37-27-13-11-26(35)12-14-27/h4-18,20H,3,19H2,1-2H3,(H,37,38)(H,39,40)/b36-18-. The van der Waals surface area contributed by atoms with Crippen LogP contribution in [0.5, 0.6) is 11.5 Å². The van der Waals surface area contributed by atoms with Gasteiger partial charge in [-0.1, -0.05) is 53.6 Å². The van der Waals surface area contributed by atoms with Crippen LogP contribution < -0.4 is 20.2 Å². The van der Waals surface area contributed by atoms with Gasteiger partial charge < -0.3 is 14.8 Å². The predicted octanol–water partition coefficient (Wildman–Crippen LogP) is 9.02. The molecule has 0 atom stereocenters. The van der Waals surface area contributed by atoms with E-state index in [4.69, 9.17) is 21.1 Å².